The first-order valence-electron chi connectivity index (χ1n) is 5.74. The van der Waals surface area contributed by atoms with E-state index >= 15 is 0 Å². The van der Waals surface area contributed by atoms with E-state index in [1.807, 2.05) is 13.0 Å². The van der Waals surface area contributed by atoms with Gasteiger partial charge in [0, 0.05) is 18.3 Å². The van der Waals surface area contributed by atoms with Crippen LogP contribution in [-0.4, -0.2) is 29.8 Å². The third-order valence-corrected chi connectivity index (χ3v) is 2.19. The number of nitrogens with one attached hydrogen (secondary N) is 1. The van der Waals surface area contributed by atoms with Crippen LogP contribution in [0.25, 0.3) is 0 Å². The van der Waals surface area contributed by atoms with Crippen LogP contribution in [0.1, 0.15) is 31.9 Å². The molecule has 2 N–H and O–H groups in total. The fraction of sp³-hybridized carbons (Fsp3) is 0.583. The predicted octanol–water partition coefficient (Wildman–Crippen LogP) is 1.51. The maximum absolute atomic E-state index is 9.88. The second-order valence-corrected chi connectivity index (χ2v) is 3.61. The zero-order valence-corrected chi connectivity index (χ0v) is 9.94. The summed E-state index contributed by atoms with van der Waals surface area (Å²) in [5, 5.41) is 13.0. The van der Waals surface area contributed by atoms with Crippen molar-refractivity contribution in [3.8, 4) is 5.75 Å². The summed E-state index contributed by atoms with van der Waals surface area (Å²) < 4.78 is 5.33. The zero-order valence-electron chi connectivity index (χ0n) is 9.94. The summed E-state index contributed by atoms with van der Waals surface area (Å²) in [6.07, 6.45) is 3.85. The van der Waals surface area contributed by atoms with Crippen molar-refractivity contribution in [3.05, 3.63) is 24.0 Å². The molecule has 0 saturated heterocycles. The molecule has 4 nitrogen and oxygen atoms in total. The number of hydrogen-bond acceptors (Lipinski definition) is 4. The van der Waals surface area contributed by atoms with E-state index in [9.17, 15) is 5.11 Å². The molecule has 0 aliphatic carbocycles. The Balaban J connectivity index is 2.53. The average molecular weight is 224 g/mol. The number of nitrogens with zero attached hydrogens (tertiary/aromatic N) is 1. The number of ether oxygens (including phenoxy) is 1. The molecular weight excluding hydrogens is 204 g/mol. The molecule has 1 rings (SSSR count). The van der Waals surface area contributed by atoms with Gasteiger partial charge in [-0.05, 0) is 26.0 Å². The van der Waals surface area contributed by atoms with Gasteiger partial charge < -0.3 is 15.2 Å². The molecule has 1 heterocycles. The number of hydrogen-bond donors (Lipinski definition) is 2. The zero-order chi connectivity index (χ0) is 11.8. The highest BCUT2D eigenvalue weighted by molar-refractivity contribution is 5.25. The van der Waals surface area contributed by atoms with Gasteiger partial charge in [0.1, 0.15) is 5.75 Å². The van der Waals surface area contributed by atoms with E-state index in [1.54, 1.807) is 12.4 Å². The van der Waals surface area contributed by atoms with Gasteiger partial charge in [0.15, 0.2) is 0 Å². The van der Waals surface area contributed by atoms with Crippen LogP contribution < -0.4 is 10.1 Å². The molecule has 0 spiro atoms. The number of aromatic nitrogens is 1. The molecule has 1 aromatic rings. The smallest absolute Gasteiger partial charge is 0.137 e. The summed E-state index contributed by atoms with van der Waals surface area (Å²) in [6, 6.07) is 1.83. The lowest BCUT2D eigenvalue weighted by molar-refractivity contribution is 0.174. The molecule has 0 aromatic carbocycles. The molecule has 0 radical (unpaired) electrons. The second kappa shape index (κ2) is 7.19. The number of aliphatic hydroxyl groups excluding tert-OH is 1. The molecule has 0 bridgehead atoms. The van der Waals surface area contributed by atoms with Gasteiger partial charge in [0.2, 0.25) is 0 Å². The van der Waals surface area contributed by atoms with E-state index in [2.05, 4.69) is 17.2 Å². The topological polar surface area (TPSA) is 54.4 Å². The fourth-order valence-corrected chi connectivity index (χ4v) is 1.40. The highest BCUT2D eigenvalue weighted by atomic mass is 16.5. The Hall–Kier alpha value is -1.13. The SMILES string of the molecule is CCCNCC(O)c1cncc(OCC)c1. The maximum atomic E-state index is 9.88. The van der Waals surface area contributed by atoms with Crippen LogP contribution in [0.15, 0.2) is 18.5 Å². The minimum absolute atomic E-state index is 0.528. The van der Waals surface area contributed by atoms with Crippen molar-refractivity contribution in [2.45, 2.75) is 26.4 Å². The monoisotopic (exact) mass is 224 g/mol. The van der Waals surface area contributed by atoms with E-state index in [-0.39, 0.29) is 0 Å². The lowest BCUT2D eigenvalue weighted by atomic mass is 10.1. The van der Waals surface area contributed by atoms with Gasteiger partial charge in [0.25, 0.3) is 0 Å². The second-order valence-electron chi connectivity index (χ2n) is 3.61. The number of pyridine rings is 1. The Morgan fingerprint density at radius 2 is 2.25 bits per heavy atom. The van der Waals surface area contributed by atoms with Gasteiger partial charge in [-0.25, -0.2) is 0 Å². The fourth-order valence-electron chi connectivity index (χ4n) is 1.40. The molecule has 1 atom stereocenters. The highest BCUT2D eigenvalue weighted by Gasteiger charge is 2.08. The summed E-state index contributed by atoms with van der Waals surface area (Å²) in [7, 11) is 0. The van der Waals surface area contributed by atoms with Crippen LogP contribution in [-0.2, 0) is 0 Å². The standard InChI is InChI=1S/C12H20N2O2/c1-3-5-13-9-12(15)10-6-11(16-4-2)8-14-7-10/h6-8,12-13,15H,3-5,9H2,1-2H3. The largest absolute Gasteiger partial charge is 0.492 e. The highest BCUT2D eigenvalue weighted by Crippen LogP contribution is 2.17. The molecule has 0 amide bonds. The Labute approximate surface area is 96.7 Å². The van der Waals surface area contributed by atoms with Crippen LogP contribution in [0, 0.1) is 0 Å². The van der Waals surface area contributed by atoms with Crippen molar-refractivity contribution >= 4 is 0 Å². The lowest BCUT2D eigenvalue weighted by Gasteiger charge is -2.12. The summed E-state index contributed by atoms with van der Waals surface area (Å²) >= 11 is 0. The molecule has 0 aliphatic rings. The first kappa shape index (κ1) is 12.9. The Morgan fingerprint density at radius 1 is 1.44 bits per heavy atom. The van der Waals surface area contributed by atoms with Crippen LogP contribution in [0.5, 0.6) is 5.75 Å². The predicted molar refractivity (Wildman–Crippen MR) is 63.5 cm³/mol. The third kappa shape index (κ3) is 4.16. The van der Waals surface area contributed by atoms with Crippen LogP contribution >= 0.6 is 0 Å². The van der Waals surface area contributed by atoms with E-state index < -0.39 is 6.10 Å². The maximum Gasteiger partial charge on any atom is 0.137 e. The van der Waals surface area contributed by atoms with Crippen molar-refractivity contribution in [1.82, 2.24) is 10.3 Å². The van der Waals surface area contributed by atoms with Gasteiger partial charge >= 0.3 is 0 Å². The first-order valence-corrected chi connectivity index (χ1v) is 5.74. The molecule has 0 fully saturated rings. The van der Waals surface area contributed by atoms with E-state index in [4.69, 9.17) is 4.74 Å². The minimum Gasteiger partial charge on any atom is -0.492 e. The van der Waals surface area contributed by atoms with E-state index in [0.717, 1.165) is 18.5 Å². The Morgan fingerprint density at radius 3 is 2.94 bits per heavy atom. The molecule has 90 valence electrons. The molecule has 1 unspecified atom stereocenters. The number of rotatable bonds is 7. The van der Waals surface area contributed by atoms with E-state index in [1.165, 1.54) is 0 Å². The van der Waals surface area contributed by atoms with Crippen LogP contribution in [0.3, 0.4) is 0 Å². The number of aliphatic hydroxyl groups is 1. The van der Waals surface area contributed by atoms with Crippen molar-refractivity contribution < 1.29 is 9.84 Å². The van der Waals surface area contributed by atoms with E-state index in [0.29, 0.717) is 18.9 Å². The van der Waals surface area contributed by atoms with Gasteiger partial charge in [-0.15, -0.1) is 0 Å². The third-order valence-electron chi connectivity index (χ3n) is 2.19. The summed E-state index contributed by atoms with van der Waals surface area (Å²) in [4.78, 5) is 4.04. The molecule has 4 heteroatoms. The summed E-state index contributed by atoms with van der Waals surface area (Å²) in [5.74, 6) is 0.703. The minimum atomic E-state index is -0.528. The lowest BCUT2D eigenvalue weighted by Crippen LogP contribution is -2.22. The van der Waals surface area contributed by atoms with Gasteiger partial charge in [-0.3, -0.25) is 4.98 Å². The normalized spacial score (nSPS) is 12.4. The quantitative estimate of drug-likeness (QED) is 0.689. The van der Waals surface area contributed by atoms with Crippen LogP contribution in [0.4, 0.5) is 0 Å². The van der Waals surface area contributed by atoms with Gasteiger partial charge in [-0.1, -0.05) is 6.92 Å². The van der Waals surface area contributed by atoms with Gasteiger partial charge in [0.05, 0.1) is 18.9 Å². The van der Waals surface area contributed by atoms with Gasteiger partial charge in [-0.2, -0.15) is 0 Å². The summed E-state index contributed by atoms with van der Waals surface area (Å²) in [5.41, 5.74) is 0.787. The van der Waals surface area contributed by atoms with Crippen molar-refractivity contribution in [1.29, 1.82) is 0 Å². The molecule has 16 heavy (non-hydrogen) atoms. The van der Waals surface area contributed by atoms with Crippen molar-refractivity contribution in [3.63, 3.8) is 0 Å². The molecular formula is C12H20N2O2. The van der Waals surface area contributed by atoms with Crippen molar-refractivity contribution in [2.24, 2.45) is 0 Å². The average Bonchev–Trinajstić information content (AvgIpc) is 2.30. The Kier molecular flexibility index (Phi) is 5.82. The van der Waals surface area contributed by atoms with Crippen molar-refractivity contribution in [2.75, 3.05) is 19.7 Å². The molecule has 1 aromatic heterocycles. The first-order chi connectivity index (χ1) is 7.77. The summed E-state index contributed by atoms with van der Waals surface area (Å²) in [6.45, 7) is 6.08. The van der Waals surface area contributed by atoms with Crippen LogP contribution in [0.2, 0.25) is 0 Å². The Bertz CT molecular complexity index is 305. The molecule has 0 aliphatic heterocycles. The molecule has 0 saturated carbocycles.